The van der Waals surface area contributed by atoms with Crippen molar-refractivity contribution in [2.24, 2.45) is 4.99 Å². The SMILES string of the molecule is CN=C(NCCc1ccc2c(c1)CCO2)N1CCN(Cc2ccc(OC)c(F)c2)CC1. The minimum atomic E-state index is -0.306. The second kappa shape index (κ2) is 10.0. The van der Waals surface area contributed by atoms with Crippen molar-refractivity contribution in [3.63, 3.8) is 0 Å². The van der Waals surface area contributed by atoms with E-state index in [1.807, 2.05) is 13.1 Å². The molecule has 0 amide bonds. The summed E-state index contributed by atoms with van der Waals surface area (Å²) >= 11 is 0. The molecule has 0 aliphatic carbocycles. The van der Waals surface area contributed by atoms with E-state index < -0.39 is 0 Å². The van der Waals surface area contributed by atoms with Gasteiger partial charge in [0.15, 0.2) is 17.5 Å². The summed E-state index contributed by atoms with van der Waals surface area (Å²) in [5.74, 6) is 1.96. The van der Waals surface area contributed by atoms with Crippen LogP contribution in [-0.4, -0.2) is 69.2 Å². The Balaban J connectivity index is 1.23. The van der Waals surface area contributed by atoms with E-state index in [9.17, 15) is 4.39 Å². The Labute approximate surface area is 183 Å². The summed E-state index contributed by atoms with van der Waals surface area (Å²) < 4.78 is 24.5. The lowest BCUT2D eigenvalue weighted by Crippen LogP contribution is -2.52. The van der Waals surface area contributed by atoms with Crippen LogP contribution >= 0.6 is 0 Å². The first-order valence-electron chi connectivity index (χ1n) is 10.9. The molecule has 0 bridgehead atoms. The van der Waals surface area contributed by atoms with Crippen LogP contribution in [0.15, 0.2) is 41.4 Å². The number of halogens is 1. The first-order chi connectivity index (χ1) is 15.2. The molecule has 6 nitrogen and oxygen atoms in total. The first-order valence-corrected chi connectivity index (χ1v) is 10.9. The molecule has 2 aromatic rings. The number of hydrogen-bond donors (Lipinski definition) is 1. The topological polar surface area (TPSA) is 49.3 Å². The Hall–Kier alpha value is -2.80. The van der Waals surface area contributed by atoms with Gasteiger partial charge in [0.2, 0.25) is 0 Å². The van der Waals surface area contributed by atoms with Crippen molar-refractivity contribution >= 4 is 5.96 Å². The van der Waals surface area contributed by atoms with Crippen LogP contribution in [-0.2, 0) is 19.4 Å². The van der Waals surface area contributed by atoms with Gasteiger partial charge in [-0.15, -0.1) is 0 Å². The van der Waals surface area contributed by atoms with Crippen molar-refractivity contribution < 1.29 is 13.9 Å². The summed E-state index contributed by atoms with van der Waals surface area (Å²) in [7, 11) is 3.32. The van der Waals surface area contributed by atoms with Crippen LogP contribution in [0, 0.1) is 5.82 Å². The van der Waals surface area contributed by atoms with Crippen molar-refractivity contribution in [2.45, 2.75) is 19.4 Å². The summed E-state index contributed by atoms with van der Waals surface area (Å²) in [4.78, 5) is 9.11. The highest BCUT2D eigenvalue weighted by atomic mass is 19.1. The zero-order chi connectivity index (χ0) is 21.6. The maximum absolute atomic E-state index is 13.9. The Morgan fingerprint density at radius 2 is 1.94 bits per heavy atom. The van der Waals surface area contributed by atoms with Gasteiger partial charge in [-0.3, -0.25) is 9.89 Å². The number of nitrogens with one attached hydrogen (secondary N) is 1. The van der Waals surface area contributed by atoms with Gasteiger partial charge in [0.1, 0.15) is 5.75 Å². The van der Waals surface area contributed by atoms with Crippen LogP contribution in [0.3, 0.4) is 0 Å². The number of guanidine groups is 1. The lowest BCUT2D eigenvalue weighted by Gasteiger charge is -2.36. The molecular weight excluding hydrogens is 395 g/mol. The fraction of sp³-hybridized carbons (Fsp3) is 0.458. The van der Waals surface area contributed by atoms with E-state index in [-0.39, 0.29) is 11.6 Å². The van der Waals surface area contributed by atoms with Crippen molar-refractivity contribution in [1.29, 1.82) is 0 Å². The molecule has 7 heteroatoms. The average molecular weight is 427 g/mol. The minimum absolute atomic E-state index is 0.289. The molecule has 0 unspecified atom stereocenters. The zero-order valence-electron chi connectivity index (χ0n) is 18.4. The van der Waals surface area contributed by atoms with Gasteiger partial charge in [-0.1, -0.05) is 18.2 Å². The van der Waals surface area contributed by atoms with Gasteiger partial charge in [0.05, 0.1) is 13.7 Å². The summed E-state index contributed by atoms with van der Waals surface area (Å²) in [5, 5.41) is 3.50. The average Bonchev–Trinajstić information content (AvgIpc) is 3.26. The highest BCUT2D eigenvalue weighted by molar-refractivity contribution is 5.80. The number of benzene rings is 2. The van der Waals surface area contributed by atoms with Gasteiger partial charge in [0.25, 0.3) is 0 Å². The van der Waals surface area contributed by atoms with Gasteiger partial charge in [-0.25, -0.2) is 4.39 Å². The predicted octanol–water partition coefficient (Wildman–Crippen LogP) is 2.70. The lowest BCUT2D eigenvalue weighted by atomic mass is 10.1. The standard InChI is InChI=1S/C24H31FN4O2/c1-26-24(27-9-7-18-3-5-22-20(15-18)8-14-31-22)29-12-10-28(11-13-29)17-19-4-6-23(30-2)21(25)16-19/h3-6,15-16H,7-14,17H2,1-2H3,(H,26,27). The van der Waals surface area contributed by atoms with Gasteiger partial charge in [-0.2, -0.15) is 0 Å². The smallest absolute Gasteiger partial charge is 0.193 e. The highest BCUT2D eigenvalue weighted by Crippen LogP contribution is 2.26. The van der Waals surface area contributed by atoms with E-state index in [0.717, 1.165) is 76.0 Å². The molecule has 0 saturated carbocycles. The van der Waals surface area contributed by atoms with Crippen LogP contribution in [0.1, 0.15) is 16.7 Å². The maximum Gasteiger partial charge on any atom is 0.193 e. The van der Waals surface area contributed by atoms with Crippen molar-refractivity contribution in [2.75, 3.05) is 53.5 Å². The fourth-order valence-corrected chi connectivity index (χ4v) is 4.23. The van der Waals surface area contributed by atoms with Crippen molar-refractivity contribution in [1.82, 2.24) is 15.1 Å². The molecule has 0 aromatic heterocycles. The molecule has 166 valence electrons. The monoisotopic (exact) mass is 426 g/mol. The molecule has 31 heavy (non-hydrogen) atoms. The zero-order valence-corrected chi connectivity index (χ0v) is 18.4. The van der Waals surface area contributed by atoms with Crippen LogP contribution in [0.2, 0.25) is 0 Å². The van der Waals surface area contributed by atoms with Crippen LogP contribution in [0.5, 0.6) is 11.5 Å². The van der Waals surface area contributed by atoms with Crippen LogP contribution in [0.4, 0.5) is 4.39 Å². The molecule has 2 aliphatic rings. The maximum atomic E-state index is 13.9. The largest absolute Gasteiger partial charge is 0.494 e. The predicted molar refractivity (Wildman–Crippen MR) is 121 cm³/mol. The number of piperazine rings is 1. The molecule has 4 rings (SSSR count). The summed E-state index contributed by atoms with van der Waals surface area (Å²) in [6.45, 7) is 6.00. The normalized spacial score (nSPS) is 16.7. The van der Waals surface area contributed by atoms with Crippen LogP contribution < -0.4 is 14.8 Å². The molecule has 0 atom stereocenters. The number of ether oxygens (including phenoxy) is 2. The summed E-state index contributed by atoms with van der Waals surface area (Å²) in [6, 6.07) is 11.7. The molecule has 2 aliphatic heterocycles. The molecule has 1 fully saturated rings. The number of methoxy groups -OCH3 is 1. The molecule has 2 heterocycles. The molecule has 0 spiro atoms. The molecular formula is C24H31FN4O2. The van der Waals surface area contributed by atoms with E-state index in [2.05, 4.69) is 38.3 Å². The Bertz CT molecular complexity index is 926. The first kappa shape index (κ1) is 21.4. The highest BCUT2D eigenvalue weighted by Gasteiger charge is 2.20. The number of hydrogen-bond acceptors (Lipinski definition) is 4. The van der Waals surface area contributed by atoms with E-state index >= 15 is 0 Å². The van der Waals surface area contributed by atoms with E-state index in [1.165, 1.54) is 18.2 Å². The van der Waals surface area contributed by atoms with Crippen molar-refractivity contribution in [3.8, 4) is 11.5 Å². The lowest BCUT2D eigenvalue weighted by molar-refractivity contribution is 0.172. The van der Waals surface area contributed by atoms with Gasteiger partial charge in [-0.05, 0) is 41.3 Å². The number of nitrogens with zero attached hydrogens (tertiary/aromatic N) is 3. The molecule has 1 N–H and O–H groups in total. The summed E-state index contributed by atoms with van der Waals surface area (Å²) in [6.07, 6.45) is 1.96. The number of rotatable bonds is 6. The van der Waals surface area contributed by atoms with Gasteiger partial charge >= 0.3 is 0 Å². The fourth-order valence-electron chi connectivity index (χ4n) is 4.23. The Morgan fingerprint density at radius 3 is 2.68 bits per heavy atom. The third-order valence-electron chi connectivity index (χ3n) is 5.96. The molecule has 1 saturated heterocycles. The van der Waals surface area contributed by atoms with E-state index in [4.69, 9.17) is 9.47 Å². The second-order valence-electron chi connectivity index (χ2n) is 8.00. The van der Waals surface area contributed by atoms with E-state index in [0.29, 0.717) is 0 Å². The number of fused-ring (bicyclic) bond motifs is 1. The third-order valence-corrected chi connectivity index (χ3v) is 5.96. The van der Waals surface area contributed by atoms with Gasteiger partial charge < -0.3 is 19.7 Å². The van der Waals surface area contributed by atoms with Crippen molar-refractivity contribution in [3.05, 3.63) is 58.9 Å². The minimum Gasteiger partial charge on any atom is -0.494 e. The second-order valence-corrected chi connectivity index (χ2v) is 8.00. The third kappa shape index (κ3) is 5.28. The quantitative estimate of drug-likeness (QED) is 0.569. The van der Waals surface area contributed by atoms with Crippen LogP contribution in [0.25, 0.3) is 0 Å². The Kier molecular flexibility index (Phi) is 6.92. The Morgan fingerprint density at radius 1 is 1.13 bits per heavy atom. The van der Waals surface area contributed by atoms with Gasteiger partial charge in [0, 0.05) is 52.7 Å². The molecule has 0 radical (unpaired) electrons. The molecule has 2 aromatic carbocycles. The van der Waals surface area contributed by atoms with E-state index in [1.54, 1.807) is 12.1 Å². The summed E-state index contributed by atoms with van der Waals surface area (Å²) in [5.41, 5.74) is 3.60. The number of aliphatic imine (C=N–C) groups is 1.